The van der Waals surface area contributed by atoms with Gasteiger partial charge in [0.2, 0.25) is 0 Å². The molecule has 56 heavy (non-hydrogen) atoms. The summed E-state index contributed by atoms with van der Waals surface area (Å²) in [5, 5.41) is 11.5. The summed E-state index contributed by atoms with van der Waals surface area (Å²) in [6, 6.07) is 63.7. The average molecular weight is 715 g/mol. The maximum atomic E-state index is 7.19. The molecule has 5 nitrogen and oxygen atoms in total. The quantitative estimate of drug-likeness (QED) is 0.182. The van der Waals surface area contributed by atoms with E-state index in [-0.39, 0.29) is 0 Å². The third-order valence-electron chi connectivity index (χ3n) is 11.2. The highest BCUT2D eigenvalue weighted by Crippen LogP contribution is 2.46. The lowest BCUT2D eigenvalue weighted by Crippen LogP contribution is -2.01. The summed E-state index contributed by atoms with van der Waals surface area (Å²) in [6.07, 6.45) is 0. The van der Waals surface area contributed by atoms with E-state index in [0.29, 0.717) is 17.5 Å². The van der Waals surface area contributed by atoms with Gasteiger partial charge in [0.05, 0.1) is 16.7 Å². The van der Waals surface area contributed by atoms with Gasteiger partial charge in [-0.1, -0.05) is 152 Å². The van der Waals surface area contributed by atoms with Gasteiger partial charge in [0.1, 0.15) is 5.58 Å². The Morgan fingerprint density at radius 1 is 0.339 bits per heavy atom. The van der Waals surface area contributed by atoms with Gasteiger partial charge >= 0.3 is 0 Å². The Bertz CT molecular complexity index is 3380. The SMILES string of the molecule is c1ccc(-c2nc(-c3ccccc3)nc(-c3ccc(-n4c5ccc6ccccc6c5c5c6ccccc6ccc54)c4oc5c6ccccc6ccc5c34)n2)cc1. The second-order valence-electron chi connectivity index (χ2n) is 14.3. The molecule has 3 heterocycles. The summed E-state index contributed by atoms with van der Waals surface area (Å²) in [5.41, 5.74) is 7.53. The molecule has 12 rings (SSSR count). The van der Waals surface area contributed by atoms with E-state index < -0.39 is 0 Å². The van der Waals surface area contributed by atoms with Crippen LogP contribution in [-0.4, -0.2) is 19.5 Å². The number of rotatable bonds is 4. The van der Waals surface area contributed by atoms with Crippen LogP contribution in [0.1, 0.15) is 0 Å². The van der Waals surface area contributed by atoms with Gasteiger partial charge in [0, 0.05) is 43.6 Å². The van der Waals surface area contributed by atoms with Crippen molar-refractivity contribution in [3.8, 4) is 39.9 Å². The molecule has 0 bridgehead atoms. The first-order chi connectivity index (χ1) is 27.8. The van der Waals surface area contributed by atoms with Crippen molar-refractivity contribution in [2.45, 2.75) is 0 Å². The van der Waals surface area contributed by atoms with Gasteiger partial charge in [-0.25, -0.2) is 15.0 Å². The predicted molar refractivity (Wildman–Crippen MR) is 230 cm³/mol. The van der Waals surface area contributed by atoms with Gasteiger partial charge < -0.3 is 8.98 Å². The normalized spacial score (nSPS) is 11.9. The minimum absolute atomic E-state index is 0.587. The van der Waals surface area contributed by atoms with E-state index >= 15 is 0 Å². The fourth-order valence-electron chi connectivity index (χ4n) is 8.69. The number of nitrogens with zero attached hydrogens (tertiary/aromatic N) is 4. The number of aromatic nitrogens is 4. The van der Waals surface area contributed by atoms with Crippen molar-refractivity contribution in [1.29, 1.82) is 0 Å². The highest BCUT2D eigenvalue weighted by Gasteiger charge is 2.25. The zero-order chi connectivity index (χ0) is 36.7. The van der Waals surface area contributed by atoms with Crippen LogP contribution in [0.3, 0.4) is 0 Å². The van der Waals surface area contributed by atoms with Crippen LogP contribution < -0.4 is 0 Å². The fourth-order valence-corrected chi connectivity index (χ4v) is 8.69. The summed E-state index contributed by atoms with van der Waals surface area (Å²) in [5.74, 6) is 1.82. The molecule has 0 fully saturated rings. The van der Waals surface area contributed by atoms with E-state index in [1.165, 1.54) is 32.3 Å². The molecule has 0 N–H and O–H groups in total. The number of furan rings is 1. The third kappa shape index (κ3) is 4.52. The molecule has 0 atom stereocenters. The topological polar surface area (TPSA) is 56.7 Å². The van der Waals surface area contributed by atoms with Gasteiger partial charge in [-0.15, -0.1) is 0 Å². The molecule has 0 saturated carbocycles. The molecule has 0 aliphatic rings. The molecule has 3 aromatic heterocycles. The largest absolute Gasteiger partial charge is 0.453 e. The molecule has 0 amide bonds. The van der Waals surface area contributed by atoms with Crippen LogP contribution in [0, 0.1) is 0 Å². The maximum absolute atomic E-state index is 7.19. The van der Waals surface area contributed by atoms with Crippen molar-refractivity contribution in [2.75, 3.05) is 0 Å². The van der Waals surface area contributed by atoms with Crippen molar-refractivity contribution in [2.24, 2.45) is 0 Å². The van der Waals surface area contributed by atoms with Gasteiger partial charge in [-0.05, 0) is 57.3 Å². The van der Waals surface area contributed by atoms with Gasteiger partial charge in [0.15, 0.2) is 23.1 Å². The Hall–Kier alpha value is -7.63. The molecule has 12 aromatic rings. The van der Waals surface area contributed by atoms with E-state index in [9.17, 15) is 0 Å². The highest BCUT2D eigenvalue weighted by molar-refractivity contribution is 6.29. The van der Waals surface area contributed by atoms with Crippen molar-refractivity contribution < 1.29 is 4.42 Å². The average Bonchev–Trinajstić information content (AvgIpc) is 3.84. The standard InChI is InChI=1S/C51H30N4O/c1-3-16-34(17-4-1)49-52-50(35-18-5-2-6-19-35)54-51(53-49)40-27-30-43(48-44(40)39-26-23-33-15-9-12-22-38(33)47(39)56-48)55-41-28-24-31-13-7-10-20-36(31)45(41)46-37-21-11-8-14-32(37)25-29-42(46)55/h1-30H. The van der Waals surface area contributed by atoms with Crippen LogP contribution in [0.25, 0.3) is 116 Å². The first-order valence-electron chi connectivity index (χ1n) is 18.9. The summed E-state index contributed by atoms with van der Waals surface area (Å²) in [4.78, 5) is 15.4. The minimum Gasteiger partial charge on any atom is -0.453 e. The van der Waals surface area contributed by atoms with E-state index in [2.05, 4.69) is 126 Å². The molecule has 0 radical (unpaired) electrons. The summed E-state index contributed by atoms with van der Waals surface area (Å²) >= 11 is 0. The molecule has 0 unspecified atom stereocenters. The van der Waals surface area contributed by atoms with Crippen molar-refractivity contribution >= 4 is 76.1 Å². The van der Waals surface area contributed by atoms with Crippen LogP contribution in [0.4, 0.5) is 0 Å². The lowest BCUT2D eigenvalue weighted by atomic mass is 10.00. The predicted octanol–water partition coefficient (Wildman–Crippen LogP) is 13.3. The van der Waals surface area contributed by atoms with Crippen LogP contribution in [0.5, 0.6) is 0 Å². The Kier molecular flexibility index (Phi) is 6.56. The van der Waals surface area contributed by atoms with Crippen molar-refractivity contribution in [3.05, 3.63) is 182 Å². The van der Waals surface area contributed by atoms with Crippen molar-refractivity contribution in [3.63, 3.8) is 0 Å². The maximum Gasteiger partial charge on any atom is 0.164 e. The number of hydrogen-bond acceptors (Lipinski definition) is 4. The van der Waals surface area contributed by atoms with Gasteiger partial charge in [0.25, 0.3) is 0 Å². The molecule has 0 spiro atoms. The molecule has 9 aromatic carbocycles. The van der Waals surface area contributed by atoms with E-state index in [0.717, 1.165) is 66.1 Å². The Morgan fingerprint density at radius 3 is 1.41 bits per heavy atom. The number of benzene rings is 9. The lowest BCUT2D eigenvalue weighted by Gasteiger charge is -2.13. The van der Waals surface area contributed by atoms with Crippen LogP contribution >= 0.6 is 0 Å². The highest BCUT2D eigenvalue weighted by atomic mass is 16.3. The molecule has 260 valence electrons. The molecule has 5 heteroatoms. The first-order valence-corrected chi connectivity index (χ1v) is 18.9. The summed E-state index contributed by atoms with van der Waals surface area (Å²) < 4.78 is 9.58. The Morgan fingerprint density at radius 2 is 0.821 bits per heavy atom. The smallest absolute Gasteiger partial charge is 0.164 e. The Balaban J connectivity index is 1.23. The monoisotopic (exact) mass is 714 g/mol. The number of fused-ring (bicyclic) bond motifs is 12. The van der Waals surface area contributed by atoms with Gasteiger partial charge in [-0.3, -0.25) is 0 Å². The molecular weight excluding hydrogens is 685 g/mol. The second kappa shape index (κ2) is 11.9. The second-order valence-corrected chi connectivity index (χ2v) is 14.3. The Labute approximate surface area is 320 Å². The third-order valence-corrected chi connectivity index (χ3v) is 11.2. The van der Waals surface area contributed by atoms with E-state index in [1.54, 1.807) is 0 Å². The zero-order valence-electron chi connectivity index (χ0n) is 30.0. The van der Waals surface area contributed by atoms with Crippen LogP contribution in [-0.2, 0) is 0 Å². The first kappa shape index (κ1) is 30.8. The van der Waals surface area contributed by atoms with E-state index in [4.69, 9.17) is 19.4 Å². The fraction of sp³-hybridized carbons (Fsp3) is 0. The molecular formula is C51H30N4O. The van der Waals surface area contributed by atoms with E-state index in [1.807, 2.05) is 60.7 Å². The summed E-state index contributed by atoms with van der Waals surface area (Å²) in [6.45, 7) is 0. The minimum atomic E-state index is 0.587. The number of hydrogen-bond donors (Lipinski definition) is 0. The summed E-state index contributed by atoms with van der Waals surface area (Å²) in [7, 11) is 0. The molecule has 0 saturated heterocycles. The zero-order valence-corrected chi connectivity index (χ0v) is 30.0. The molecule has 0 aliphatic heterocycles. The molecule has 0 aliphatic carbocycles. The van der Waals surface area contributed by atoms with Crippen LogP contribution in [0.15, 0.2) is 186 Å². The van der Waals surface area contributed by atoms with Gasteiger partial charge in [-0.2, -0.15) is 0 Å². The lowest BCUT2D eigenvalue weighted by molar-refractivity contribution is 0.670. The van der Waals surface area contributed by atoms with Crippen LogP contribution in [0.2, 0.25) is 0 Å². The van der Waals surface area contributed by atoms with Crippen molar-refractivity contribution in [1.82, 2.24) is 19.5 Å².